The molecule has 21 heavy (non-hydrogen) atoms. The lowest BCUT2D eigenvalue weighted by molar-refractivity contribution is -0.148. The number of hydrogen-bond donors (Lipinski definition) is 2. The SMILES string of the molecule is COCCNC(=O)C(C)(CO)COC(=O)/C=C/C(=O)OC. The van der Waals surface area contributed by atoms with Crippen LogP contribution in [0.25, 0.3) is 0 Å². The van der Waals surface area contributed by atoms with E-state index in [0.29, 0.717) is 6.61 Å². The van der Waals surface area contributed by atoms with Crippen molar-refractivity contribution in [1.82, 2.24) is 5.32 Å². The number of carbonyl (C=O) groups excluding carboxylic acids is 3. The van der Waals surface area contributed by atoms with Crippen LogP contribution < -0.4 is 5.32 Å². The predicted molar refractivity (Wildman–Crippen MR) is 72.2 cm³/mol. The van der Waals surface area contributed by atoms with E-state index in [0.717, 1.165) is 12.2 Å². The summed E-state index contributed by atoms with van der Waals surface area (Å²) >= 11 is 0. The van der Waals surface area contributed by atoms with Crippen LogP contribution in [0.3, 0.4) is 0 Å². The van der Waals surface area contributed by atoms with Gasteiger partial charge in [-0.2, -0.15) is 0 Å². The van der Waals surface area contributed by atoms with Gasteiger partial charge in [-0.3, -0.25) is 4.79 Å². The van der Waals surface area contributed by atoms with Crippen molar-refractivity contribution in [2.75, 3.05) is 40.6 Å². The Balaban J connectivity index is 4.40. The van der Waals surface area contributed by atoms with Gasteiger partial charge in [0.05, 0.1) is 20.3 Å². The standard InChI is InChI=1S/C13H21NO7/c1-13(8-15,12(18)14-6-7-19-2)9-21-11(17)5-4-10(16)20-3/h4-5,15H,6-9H2,1-3H3,(H,14,18)/b5-4+. The average molecular weight is 303 g/mol. The number of carbonyl (C=O) groups is 3. The maximum atomic E-state index is 11.9. The molecule has 0 aliphatic heterocycles. The predicted octanol–water partition coefficient (Wildman–Crippen LogP) is -0.980. The van der Waals surface area contributed by atoms with Crippen molar-refractivity contribution in [3.05, 3.63) is 12.2 Å². The summed E-state index contributed by atoms with van der Waals surface area (Å²) in [5.74, 6) is -1.98. The molecule has 0 spiro atoms. The molecule has 0 aromatic heterocycles. The number of esters is 2. The van der Waals surface area contributed by atoms with Crippen molar-refractivity contribution in [1.29, 1.82) is 0 Å². The molecule has 1 amide bonds. The van der Waals surface area contributed by atoms with Crippen LogP contribution in [0, 0.1) is 5.41 Å². The summed E-state index contributed by atoms with van der Waals surface area (Å²) in [6, 6.07) is 0. The fourth-order valence-corrected chi connectivity index (χ4v) is 1.15. The van der Waals surface area contributed by atoms with Crippen LogP contribution in [0.1, 0.15) is 6.92 Å². The fraction of sp³-hybridized carbons (Fsp3) is 0.615. The van der Waals surface area contributed by atoms with Crippen LogP contribution in [0.5, 0.6) is 0 Å². The van der Waals surface area contributed by atoms with E-state index < -0.39 is 29.9 Å². The zero-order valence-electron chi connectivity index (χ0n) is 12.4. The van der Waals surface area contributed by atoms with E-state index in [1.807, 2.05) is 0 Å². The van der Waals surface area contributed by atoms with Crippen molar-refractivity contribution in [3.63, 3.8) is 0 Å². The monoisotopic (exact) mass is 303 g/mol. The van der Waals surface area contributed by atoms with Crippen molar-refractivity contribution >= 4 is 17.8 Å². The topological polar surface area (TPSA) is 111 Å². The highest BCUT2D eigenvalue weighted by molar-refractivity contribution is 5.91. The minimum absolute atomic E-state index is 0.279. The van der Waals surface area contributed by atoms with Gasteiger partial charge in [0.2, 0.25) is 5.91 Å². The number of hydrogen-bond acceptors (Lipinski definition) is 7. The molecule has 0 aliphatic carbocycles. The molecule has 1 unspecified atom stereocenters. The van der Waals surface area contributed by atoms with E-state index in [9.17, 15) is 19.5 Å². The summed E-state index contributed by atoms with van der Waals surface area (Å²) < 4.78 is 13.9. The summed E-state index contributed by atoms with van der Waals surface area (Å²) in [5, 5.41) is 11.9. The lowest BCUT2D eigenvalue weighted by Gasteiger charge is -2.25. The second kappa shape index (κ2) is 9.89. The lowest BCUT2D eigenvalue weighted by Crippen LogP contribution is -2.45. The zero-order valence-corrected chi connectivity index (χ0v) is 12.4. The molecule has 8 nitrogen and oxygen atoms in total. The molecular formula is C13H21NO7. The van der Waals surface area contributed by atoms with Gasteiger partial charge in [0.25, 0.3) is 0 Å². The highest BCUT2D eigenvalue weighted by atomic mass is 16.5. The summed E-state index contributed by atoms with van der Waals surface area (Å²) in [6.07, 6.45) is 1.78. The van der Waals surface area contributed by atoms with Gasteiger partial charge in [-0.25, -0.2) is 9.59 Å². The minimum atomic E-state index is -1.28. The van der Waals surface area contributed by atoms with Gasteiger partial charge >= 0.3 is 11.9 Å². The molecule has 8 heteroatoms. The molecule has 0 radical (unpaired) electrons. The first-order chi connectivity index (χ1) is 9.89. The van der Waals surface area contributed by atoms with E-state index in [1.165, 1.54) is 21.1 Å². The first-order valence-electron chi connectivity index (χ1n) is 6.20. The van der Waals surface area contributed by atoms with Crippen LogP contribution in [-0.4, -0.2) is 63.5 Å². The van der Waals surface area contributed by atoms with Gasteiger partial charge in [-0.05, 0) is 6.92 Å². The Kier molecular flexibility index (Phi) is 8.98. The van der Waals surface area contributed by atoms with E-state index in [2.05, 4.69) is 10.1 Å². The Labute approximate surface area is 123 Å². The Morgan fingerprint density at radius 2 is 1.81 bits per heavy atom. The molecule has 0 rings (SSSR count). The van der Waals surface area contributed by atoms with Crippen molar-refractivity contribution < 1.29 is 33.7 Å². The molecule has 0 aliphatic rings. The molecule has 0 heterocycles. The highest BCUT2D eigenvalue weighted by Gasteiger charge is 2.34. The Morgan fingerprint density at radius 1 is 1.19 bits per heavy atom. The molecule has 0 bridgehead atoms. The molecule has 2 N–H and O–H groups in total. The summed E-state index contributed by atoms with van der Waals surface area (Å²) in [5.41, 5.74) is -1.28. The minimum Gasteiger partial charge on any atom is -0.466 e. The summed E-state index contributed by atoms with van der Waals surface area (Å²) in [4.78, 5) is 34.0. The average Bonchev–Trinajstić information content (AvgIpc) is 2.50. The maximum Gasteiger partial charge on any atom is 0.331 e. The second-order valence-electron chi connectivity index (χ2n) is 4.43. The van der Waals surface area contributed by atoms with Gasteiger partial charge in [0, 0.05) is 25.8 Å². The Hall–Kier alpha value is -1.93. The molecule has 0 saturated heterocycles. The molecule has 0 saturated carbocycles. The van der Waals surface area contributed by atoms with Crippen molar-refractivity contribution in [3.8, 4) is 0 Å². The van der Waals surface area contributed by atoms with Crippen LogP contribution in [0.4, 0.5) is 0 Å². The number of ether oxygens (including phenoxy) is 3. The van der Waals surface area contributed by atoms with Gasteiger partial charge < -0.3 is 24.6 Å². The molecule has 0 aromatic rings. The number of amides is 1. The maximum absolute atomic E-state index is 11.9. The second-order valence-corrected chi connectivity index (χ2v) is 4.43. The Bertz CT molecular complexity index is 394. The largest absolute Gasteiger partial charge is 0.466 e. The Morgan fingerprint density at radius 3 is 2.33 bits per heavy atom. The third kappa shape index (κ3) is 7.42. The lowest BCUT2D eigenvalue weighted by atomic mass is 9.92. The quantitative estimate of drug-likeness (QED) is 0.320. The van der Waals surface area contributed by atoms with E-state index in [4.69, 9.17) is 9.47 Å². The van der Waals surface area contributed by atoms with E-state index in [1.54, 1.807) is 0 Å². The van der Waals surface area contributed by atoms with E-state index >= 15 is 0 Å². The van der Waals surface area contributed by atoms with Crippen molar-refractivity contribution in [2.45, 2.75) is 6.92 Å². The van der Waals surface area contributed by atoms with Crippen LogP contribution in [0.2, 0.25) is 0 Å². The first-order valence-corrected chi connectivity index (χ1v) is 6.20. The highest BCUT2D eigenvalue weighted by Crippen LogP contribution is 2.16. The number of rotatable bonds is 9. The number of aliphatic hydroxyl groups is 1. The third-order valence-electron chi connectivity index (χ3n) is 2.58. The normalized spacial score (nSPS) is 13.5. The van der Waals surface area contributed by atoms with Crippen LogP contribution in [0.15, 0.2) is 12.2 Å². The van der Waals surface area contributed by atoms with Gasteiger partial charge in [-0.15, -0.1) is 0 Å². The van der Waals surface area contributed by atoms with Gasteiger partial charge in [-0.1, -0.05) is 0 Å². The summed E-state index contributed by atoms with van der Waals surface area (Å²) in [7, 11) is 2.66. The number of nitrogens with one attached hydrogen (secondary N) is 1. The van der Waals surface area contributed by atoms with Crippen LogP contribution in [-0.2, 0) is 28.6 Å². The van der Waals surface area contributed by atoms with Gasteiger partial charge in [0.1, 0.15) is 12.0 Å². The fourth-order valence-electron chi connectivity index (χ4n) is 1.15. The zero-order chi connectivity index (χ0) is 16.3. The van der Waals surface area contributed by atoms with E-state index in [-0.39, 0.29) is 13.2 Å². The first kappa shape index (κ1) is 19.1. The molecule has 0 aromatic carbocycles. The number of aliphatic hydroxyl groups excluding tert-OH is 1. The third-order valence-corrected chi connectivity index (χ3v) is 2.58. The molecular weight excluding hydrogens is 282 g/mol. The molecule has 1 atom stereocenters. The summed E-state index contributed by atoms with van der Waals surface area (Å²) in [6.45, 7) is 1.23. The van der Waals surface area contributed by atoms with Crippen LogP contribution >= 0.6 is 0 Å². The molecule has 0 fully saturated rings. The van der Waals surface area contributed by atoms with Crippen molar-refractivity contribution in [2.24, 2.45) is 5.41 Å². The molecule has 120 valence electrons. The smallest absolute Gasteiger partial charge is 0.331 e. The van der Waals surface area contributed by atoms with Gasteiger partial charge in [0.15, 0.2) is 0 Å². The number of methoxy groups -OCH3 is 2.